The second kappa shape index (κ2) is 5.21. The first-order valence-corrected chi connectivity index (χ1v) is 7.05. The van der Waals surface area contributed by atoms with Gasteiger partial charge in [-0.05, 0) is 17.5 Å². The molecule has 0 spiro atoms. The topological polar surface area (TPSA) is 60.2 Å². The third kappa shape index (κ3) is 2.30. The minimum atomic E-state index is 0.283. The Hall–Kier alpha value is -0.555. The highest BCUT2D eigenvalue weighted by Gasteiger charge is 2.17. The van der Waals surface area contributed by atoms with E-state index in [-0.39, 0.29) is 6.10 Å². The van der Waals surface area contributed by atoms with E-state index in [0.717, 1.165) is 46.2 Å². The standard InChI is InChI=1S/C11H11N3O2.2Al/c1-2-8(15-4-1)6-12-10-9-3-5-16-11(9)14-7-13-10;;/h7-8H,1-2,4,6H2,(H,12,13,14);;. The maximum absolute atomic E-state index is 5.58. The monoisotopic (exact) mass is 271 g/mol. The lowest BCUT2D eigenvalue weighted by Crippen LogP contribution is -2.23. The molecule has 1 saturated heterocycles. The van der Waals surface area contributed by atoms with Crippen molar-refractivity contribution in [1.29, 1.82) is 0 Å². The van der Waals surface area contributed by atoms with Crippen LogP contribution in [0.2, 0.25) is 0 Å². The fourth-order valence-corrected chi connectivity index (χ4v) is 2.70. The summed E-state index contributed by atoms with van der Waals surface area (Å²) in [7, 11) is 0. The van der Waals surface area contributed by atoms with Crippen LogP contribution in [-0.2, 0) is 4.74 Å². The van der Waals surface area contributed by atoms with Gasteiger partial charge in [0, 0.05) is 13.2 Å². The smallest absolute Gasteiger partial charge is 0.239 e. The Kier molecular flexibility index (Phi) is 3.61. The molecular weight excluding hydrogens is 260 g/mol. The zero-order valence-electron chi connectivity index (χ0n) is 9.85. The van der Waals surface area contributed by atoms with E-state index in [4.69, 9.17) is 9.15 Å². The summed E-state index contributed by atoms with van der Waals surface area (Å²) in [5, 5.41) is 4.25. The first kappa shape index (κ1) is 12.5. The third-order valence-corrected chi connectivity index (χ3v) is 4.41. The zero-order valence-corrected chi connectivity index (χ0v) is 12.2. The second-order valence-electron chi connectivity index (χ2n) is 4.30. The van der Waals surface area contributed by atoms with Crippen molar-refractivity contribution in [2.24, 2.45) is 0 Å². The van der Waals surface area contributed by atoms with Crippen LogP contribution >= 0.6 is 0 Å². The Balaban J connectivity index is 1.86. The summed E-state index contributed by atoms with van der Waals surface area (Å²) in [5.41, 5.74) is 0.606. The Morgan fingerprint density at radius 2 is 2.28 bits per heavy atom. The molecule has 88 valence electrons. The number of hydrogen-bond donors (Lipinski definition) is 1. The van der Waals surface area contributed by atoms with Crippen molar-refractivity contribution in [2.75, 3.05) is 18.5 Å². The van der Waals surface area contributed by atoms with Gasteiger partial charge >= 0.3 is 0 Å². The molecule has 0 aliphatic carbocycles. The summed E-state index contributed by atoms with van der Waals surface area (Å²) in [5.74, 6) is 0.804. The van der Waals surface area contributed by atoms with E-state index >= 15 is 0 Å². The fraction of sp³-hybridized carbons (Fsp3) is 0.455. The largest absolute Gasteiger partial charge is 0.466 e. The van der Waals surface area contributed by atoms with Gasteiger partial charge in [0.15, 0.2) is 16.3 Å². The summed E-state index contributed by atoms with van der Waals surface area (Å²) in [6.07, 6.45) is 4.04. The number of furan rings is 1. The minimum absolute atomic E-state index is 0.283. The van der Waals surface area contributed by atoms with Gasteiger partial charge < -0.3 is 14.5 Å². The summed E-state index contributed by atoms with van der Waals surface area (Å²) < 4.78 is 12.9. The molecule has 5 nitrogen and oxygen atoms in total. The van der Waals surface area contributed by atoms with Crippen molar-refractivity contribution in [1.82, 2.24) is 9.97 Å². The Bertz CT molecular complexity index is 567. The van der Waals surface area contributed by atoms with Crippen molar-refractivity contribution >= 4 is 58.5 Å². The second-order valence-corrected chi connectivity index (χ2v) is 5.40. The van der Waals surface area contributed by atoms with Crippen LogP contribution in [-0.4, -0.2) is 61.8 Å². The number of aromatic nitrogens is 2. The SMILES string of the molecule is [Al][c]1oc2ncnc(NCC3CCCO3)c2[c]1[Al]. The molecule has 1 unspecified atom stereocenters. The van der Waals surface area contributed by atoms with Crippen molar-refractivity contribution in [3.8, 4) is 0 Å². The molecule has 1 fully saturated rings. The molecular formula is C11H11Al2N3O2. The van der Waals surface area contributed by atoms with E-state index in [9.17, 15) is 0 Å². The van der Waals surface area contributed by atoms with E-state index < -0.39 is 0 Å². The molecule has 2 aromatic rings. The molecule has 3 heterocycles. The summed E-state index contributed by atoms with van der Waals surface area (Å²) in [6.45, 7) is 1.63. The lowest BCUT2D eigenvalue weighted by molar-refractivity contribution is 0.120. The molecule has 4 radical (unpaired) electrons. The van der Waals surface area contributed by atoms with Crippen LogP contribution in [0.15, 0.2) is 10.7 Å². The van der Waals surface area contributed by atoms with Gasteiger partial charge in [0.05, 0.1) is 11.5 Å². The summed E-state index contributed by atoms with van der Waals surface area (Å²) >= 11 is 5.23. The van der Waals surface area contributed by atoms with Gasteiger partial charge in [0.2, 0.25) is 22.0 Å². The maximum atomic E-state index is 5.58. The Morgan fingerprint density at radius 1 is 1.39 bits per heavy atom. The van der Waals surface area contributed by atoms with Crippen molar-refractivity contribution < 1.29 is 9.15 Å². The molecule has 1 atom stereocenters. The van der Waals surface area contributed by atoms with Gasteiger partial charge in [0.1, 0.15) is 12.1 Å². The molecule has 7 heteroatoms. The Morgan fingerprint density at radius 3 is 3.06 bits per heavy atom. The number of hydrogen-bond acceptors (Lipinski definition) is 5. The maximum Gasteiger partial charge on any atom is 0.239 e. The van der Waals surface area contributed by atoms with Crippen LogP contribution in [0.4, 0.5) is 5.82 Å². The minimum Gasteiger partial charge on any atom is -0.466 e. The van der Waals surface area contributed by atoms with Crippen LogP contribution in [0.25, 0.3) is 11.1 Å². The van der Waals surface area contributed by atoms with Crippen LogP contribution in [0.3, 0.4) is 0 Å². The predicted octanol–water partition coefficient (Wildman–Crippen LogP) is -0.599. The van der Waals surface area contributed by atoms with Gasteiger partial charge in [0.25, 0.3) is 0 Å². The molecule has 18 heavy (non-hydrogen) atoms. The lowest BCUT2D eigenvalue weighted by atomic mass is 10.2. The molecule has 1 N–H and O–H groups in total. The predicted molar refractivity (Wildman–Crippen MR) is 70.0 cm³/mol. The number of nitrogens with zero attached hydrogens (tertiary/aromatic N) is 2. The Labute approximate surface area is 121 Å². The molecule has 0 bridgehead atoms. The molecule has 3 rings (SSSR count). The average molecular weight is 271 g/mol. The van der Waals surface area contributed by atoms with Crippen molar-refractivity contribution in [3.63, 3.8) is 0 Å². The molecule has 1 aliphatic heterocycles. The molecule has 0 aromatic carbocycles. The lowest BCUT2D eigenvalue weighted by Gasteiger charge is -2.11. The average Bonchev–Trinajstić information content (AvgIpc) is 2.97. The number of nitrogens with one attached hydrogen (secondary N) is 1. The van der Waals surface area contributed by atoms with E-state index in [1.807, 2.05) is 0 Å². The zero-order chi connectivity index (χ0) is 12.5. The third-order valence-electron chi connectivity index (χ3n) is 3.08. The highest BCUT2D eigenvalue weighted by atomic mass is 27.1. The molecule has 0 amide bonds. The first-order chi connectivity index (χ1) is 8.75. The molecule has 2 aromatic heterocycles. The van der Waals surface area contributed by atoms with Crippen molar-refractivity contribution in [3.05, 3.63) is 6.33 Å². The van der Waals surface area contributed by atoms with Crippen LogP contribution < -0.4 is 14.4 Å². The van der Waals surface area contributed by atoms with Gasteiger partial charge in [-0.15, -0.1) is 4.43 Å². The molecule has 1 aliphatic rings. The first-order valence-electron chi connectivity index (χ1n) is 5.89. The number of ether oxygens (including phenoxy) is 1. The van der Waals surface area contributed by atoms with Crippen LogP contribution in [0.5, 0.6) is 0 Å². The van der Waals surface area contributed by atoms with Crippen LogP contribution in [0.1, 0.15) is 12.8 Å². The van der Waals surface area contributed by atoms with Gasteiger partial charge in [-0.1, -0.05) is 0 Å². The van der Waals surface area contributed by atoms with E-state index in [1.54, 1.807) is 0 Å². The number of rotatable bonds is 3. The molecule has 0 saturated carbocycles. The van der Waals surface area contributed by atoms with Crippen LogP contribution in [0, 0.1) is 0 Å². The van der Waals surface area contributed by atoms with E-state index in [2.05, 4.69) is 47.9 Å². The summed E-state index contributed by atoms with van der Waals surface area (Å²) in [4.78, 5) is 8.41. The highest BCUT2D eigenvalue weighted by molar-refractivity contribution is 6.52. The normalized spacial score (nSPS) is 19.4. The van der Waals surface area contributed by atoms with E-state index in [1.165, 1.54) is 6.33 Å². The fourth-order valence-electron chi connectivity index (χ4n) is 2.12. The quantitative estimate of drug-likeness (QED) is 0.756. The number of anilines is 1. The van der Waals surface area contributed by atoms with E-state index in [0.29, 0.717) is 5.71 Å². The summed E-state index contributed by atoms with van der Waals surface area (Å²) in [6, 6.07) is 0. The van der Waals surface area contributed by atoms with Gasteiger partial charge in [-0.25, -0.2) is 9.97 Å². The number of fused-ring (bicyclic) bond motifs is 1. The highest BCUT2D eigenvalue weighted by Crippen LogP contribution is 2.18. The van der Waals surface area contributed by atoms with Crippen molar-refractivity contribution in [2.45, 2.75) is 18.9 Å². The van der Waals surface area contributed by atoms with Gasteiger partial charge in [-0.2, -0.15) is 0 Å². The van der Waals surface area contributed by atoms with Gasteiger partial charge in [-0.3, -0.25) is 0 Å².